The van der Waals surface area contributed by atoms with E-state index in [1.54, 1.807) is 6.92 Å². The number of rotatable bonds is 5. The third-order valence-corrected chi connectivity index (χ3v) is 5.35. The van der Waals surface area contributed by atoms with Gasteiger partial charge in [0.25, 0.3) is 0 Å². The fourth-order valence-corrected chi connectivity index (χ4v) is 3.62. The molecule has 1 N–H and O–H groups in total. The molecule has 0 atom stereocenters. The first-order chi connectivity index (χ1) is 9.98. The second-order valence-electron chi connectivity index (χ2n) is 5.00. The summed E-state index contributed by atoms with van der Waals surface area (Å²) >= 11 is 0. The number of sulfonamides is 1. The van der Waals surface area contributed by atoms with Crippen LogP contribution in [0.4, 0.5) is 4.39 Å². The van der Waals surface area contributed by atoms with Crippen LogP contribution in [0, 0.1) is 23.6 Å². The summed E-state index contributed by atoms with van der Waals surface area (Å²) in [6.45, 7) is 2.19. The number of nitrogens with zero attached hydrogens (tertiary/aromatic N) is 1. The molecule has 0 bridgehead atoms. The molecule has 1 saturated carbocycles. The van der Waals surface area contributed by atoms with Gasteiger partial charge in [-0.15, -0.1) is 0 Å². The van der Waals surface area contributed by atoms with Gasteiger partial charge in [-0.05, 0) is 37.0 Å². The molecule has 1 aliphatic rings. The Morgan fingerprint density at radius 1 is 1.43 bits per heavy atom. The van der Waals surface area contributed by atoms with E-state index in [0.29, 0.717) is 24.6 Å². The third kappa shape index (κ3) is 3.82. The third-order valence-electron chi connectivity index (χ3n) is 3.37. The van der Waals surface area contributed by atoms with Crippen molar-refractivity contribution in [3.63, 3.8) is 0 Å². The van der Waals surface area contributed by atoms with Crippen molar-refractivity contribution in [3.05, 3.63) is 29.6 Å². The largest absolute Gasteiger partial charge is 0.384 e. The predicted molar refractivity (Wildman–Crippen MR) is 77.5 cm³/mol. The van der Waals surface area contributed by atoms with Crippen LogP contribution in [-0.2, 0) is 10.0 Å². The minimum Gasteiger partial charge on any atom is -0.384 e. The molecule has 0 aliphatic heterocycles. The van der Waals surface area contributed by atoms with Gasteiger partial charge in [-0.1, -0.05) is 18.8 Å². The maximum atomic E-state index is 14.1. The van der Waals surface area contributed by atoms with E-state index in [9.17, 15) is 12.8 Å². The molecule has 0 saturated heterocycles. The highest BCUT2D eigenvalue weighted by atomic mass is 32.2. The van der Waals surface area contributed by atoms with Crippen LogP contribution in [0.2, 0.25) is 0 Å². The van der Waals surface area contributed by atoms with E-state index >= 15 is 0 Å². The van der Waals surface area contributed by atoms with Crippen LogP contribution in [0.25, 0.3) is 0 Å². The minimum atomic E-state index is -3.81. The van der Waals surface area contributed by atoms with Crippen molar-refractivity contribution in [1.82, 2.24) is 4.31 Å². The molecular formula is C15H18FNO3S. The molecule has 1 fully saturated rings. The lowest BCUT2D eigenvalue weighted by molar-refractivity contribution is 0.350. The summed E-state index contributed by atoms with van der Waals surface area (Å²) in [4.78, 5) is -0.320. The molecule has 0 heterocycles. The molecular weight excluding hydrogens is 293 g/mol. The number of aliphatic hydroxyl groups is 1. The Kier molecular flexibility index (Phi) is 4.99. The van der Waals surface area contributed by atoms with Gasteiger partial charge in [-0.25, -0.2) is 12.8 Å². The number of halogens is 1. The Morgan fingerprint density at radius 2 is 2.14 bits per heavy atom. The fourth-order valence-electron chi connectivity index (χ4n) is 2.05. The lowest BCUT2D eigenvalue weighted by atomic mass is 10.2. The molecule has 6 heteroatoms. The topological polar surface area (TPSA) is 57.6 Å². The second kappa shape index (κ2) is 6.56. The molecule has 0 spiro atoms. The van der Waals surface area contributed by atoms with Gasteiger partial charge in [0.2, 0.25) is 10.0 Å². The van der Waals surface area contributed by atoms with E-state index in [4.69, 9.17) is 5.11 Å². The average molecular weight is 311 g/mol. The summed E-state index contributed by atoms with van der Waals surface area (Å²) in [5, 5.41) is 8.61. The summed E-state index contributed by atoms with van der Waals surface area (Å²) < 4.78 is 40.4. The highest BCUT2D eigenvalue weighted by Crippen LogP contribution is 2.32. The predicted octanol–water partition coefficient (Wildman–Crippen LogP) is 1.59. The average Bonchev–Trinajstić information content (AvgIpc) is 3.26. The summed E-state index contributed by atoms with van der Waals surface area (Å²) in [6.07, 6.45) is 2.06. The van der Waals surface area contributed by atoms with Crippen molar-refractivity contribution >= 4 is 10.0 Å². The smallest absolute Gasteiger partial charge is 0.245 e. The van der Waals surface area contributed by atoms with Gasteiger partial charge in [-0.3, -0.25) is 0 Å². The zero-order valence-corrected chi connectivity index (χ0v) is 12.7. The highest BCUT2D eigenvalue weighted by Gasteiger charge is 2.32. The van der Waals surface area contributed by atoms with E-state index in [1.165, 1.54) is 16.4 Å². The van der Waals surface area contributed by atoms with Crippen LogP contribution in [0.5, 0.6) is 0 Å². The van der Waals surface area contributed by atoms with Crippen LogP contribution in [0.15, 0.2) is 23.1 Å². The quantitative estimate of drug-likeness (QED) is 0.840. The fraction of sp³-hybridized carbons (Fsp3) is 0.467. The molecule has 0 amide bonds. The van der Waals surface area contributed by atoms with E-state index in [0.717, 1.165) is 18.9 Å². The van der Waals surface area contributed by atoms with E-state index in [2.05, 4.69) is 11.8 Å². The zero-order valence-electron chi connectivity index (χ0n) is 11.8. The van der Waals surface area contributed by atoms with Gasteiger partial charge >= 0.3 is 0 Å². The number of hydrogen-bond acceptors (Lipinski definition) is 3. The van der Waals surface area contributed by atoms with Crippen LogP contribution >= 0.6 is 0 Å². The van der Waals surface area contributed by atoms with Gasteiger partial charge in [0.15, 0.2) is 0 Å². The Balaban J connectivity index is 2.30. The number of hydrogen-bond donors (Lipinski definition) is 1. The Bertz CT molecular complexity index is 672. The lowest BCUT2D eigenvalue weighted by Gasteiger charge is -2.20. The first-order valence-corrected chi connectivity index (χ1v) is 8.32. The molecule has 4 nitrogen and oxygen atoms in total. The second-order valence-corrected chi connectivity index (χ2v) is 6.91. The molecule has 1 aromatic carbocycles. The Labute approximate surface area is 124 Å². The van der Waals surface area contributed by atoms with E-state index < -0.39 is 15.8 Å². The Hall–Kier alpha value is -1.42. The molecule has 0 aromatic heterocycles. The standard InChI is InChI=1S/C15H18FNO3S/c1-2-17(11-13-5-6-13)21(19,20)15-8-7-12(4-3-9-18)10-14(15)16/h7-8,10,13,18H,2,5-6,9,11H2,1H3. The summed E-state index contributed by atoms with van der Waals surface area (Å²) in [5.41, 5.74) is 0.339. The first-order valence-electron chi connectivity index (χ1n) is 6.88. The van der Waals surface area contributed by atoms with Crippen LogP contribution in [-0.4, -0.2) is 37.5 Å². The molecule has 21 heavy (non-hydrogen) atoms. The van der Waals surface area contributed by atoms with Crippen molar-refractivity contribution in [1.29, 1.82) is 0 Å². The zero-order chi connectivity index (χ0) is 15.5. The van der Waals surface area contributed by atoms with Crippen molar-refractivity contribution in [2.75, 3.05) is 19.7 Å². The van der Waals surface area contributed by atoms with Gasteiger partial charge in [-0.2, -0.15) is 4.31 Å². The summed E-state index contributed by atoms with van der Waals surface area (Å²) in [7, 11) is -3.81. The van der Waals surface area contributed by atoms with Crippen LogP contribution in [0.3, 0.4) is 0 Å². The molecule has 1 aliphatic carbocycles. The Morgan fingerprint density at radius 3 is 2.67 bits per heavy atom. The van der Waals surface area contributed by atoms with Gasteiger partial charge < -0.3 is 5.11 Å². The van der Waals surface area contributed by atoms with Crippen molar-refractivity contribution in [2.45, 2.75) is 24.7 Å². The van der Waals surface area contributed by atoms with E-state index in [-0.39, 0.29) is 11.5 Å². The lowest BCUT2D eigenvalue weighted by Crippen LogP contribution is -2.33. The SMILES string of the molecule is CCN(CC1CC1)S(=O)(=O)c1ccc(C#CCO)cc1F. The summed E-state index contributed by atoms with van der Waals surface area (Å²) in [6, 6.07) is 3.77. The van der Waals surface area contributed by atoms with Gasteiger partial charge in [0, 0.05) is 18.7 Å². The molecule has 0 unspecified atom stereocenters. The van der Waals surface area contributed by atoms with Crippen molar-refractivity contribution in [3.8, 4) is 11.8 Å². The van der Waals surface area contributed by atoms with Crippen LogP contribution in [0.1, 0.15) is 25.3 Å². The maximum Gasteiger partial charge on any atom is 0.245 e. The van der Waals surface area contributed by atoms with Gasteiger partial charge in [0.05, 0.1) is 0 Å². The minimum absolute atomic E-state index is 0.320. The highest BCUT2D eigenvalue weighted by molar-refractivity contribution is 7.89. The molecule has 2 rings (SSSR count). The first kappa shape index (κ1) is 16.0. The van der Waals surface area contributed by atoms with Gasteiger partial charge in [0.1, 0.15) is 17.3 Å². The van der Waals surface area contributed by atoms with E-state index in [1.807, 2.05) is 0 Å². The summed E-state index contributed by atoms with van der Waals surface area (Å²) in [5.74, 6) is 4.54. The molecule has 0 radical (unpaired) electrons. The van der Waals surface area contributed by atoms with Crippen molar-refractivity contribution < 1.29 is 17.9 Å². The van der Waals surface area contributed by atoms with Crippen molar-refractivity contribution in [2.24, 2.45) is 5.92 Å². The molecule has 1 aromatic rings. The van der Waals surface area contributed by atoms with Crippen LogP contribution < -0.4 is 0 Å². The normalized spacial score (nSPS) is 14.9. The molecule has 114 valence electrons. The number of aliphatic hydroxyl groups excluding tert-OH is 1. The number of benzene rings is 1. The monoisotopic (exact) mass is 311 g/mol. The maximum absolute atomic E-state index is 14.1.